The van der Waals surface area contributed by atoms with E-state index < -0.39 is 18.6 Å². The lowest BCUT2D eigenvalue weighted by atomic mass is 9.88. The van der Waals surface area contributed by atoms with Crippen LogP contribution in [0.15, 0.2) is 84.9 Å². The van der Waals surface area contributed by atoms with Gasteiger partial charge in [0.05, 0.1) is 6.04 Å². The maximum Gasteiger partial charge on any atom is 0.329 e. The number of aryl methyl sites for hydroxylation is 1. The maximum absolute atomic E-state index is 12.9. The van der Waals surface area contributed by atoms with Crippen molar-refractivity contribution in [3.63, 3.8) is 0 Å². The summed E-state index contributed by atoms with van der Waals surface area (Å²) in [6.45, 7) is -0.399. The zero-order valence-corrected chi connectivity index (χ0v) is 18.9. The molecule has 0 fully saturated rings. The highest BCUT2D eigenvalue weighted by molar-refractivity contribution is 5.97. The van der Waals surface area contributed by atoms with Gasteiger partial charge in [0.2, 0.25) is 0 Å². The molecule has 0 unspecified atom stereocenters. The average molecular weight is 457 g/mol. The van der Waals surface area contributed by atoms with Crippen molar-refractivity contribution in [2.45, 2.75) is 37.8 Å². The van der Waals surface area contributed by atoms with Crippen LogP contribution >= 0.6 is 0 Å². The lowest BCUT2D eigenvalue weighted by molar-refractivity contribution is -0.150. The van der Waals surface area contributed by atoms with Gasteiger partial charge in [-0.25, -0.2) is 4.79 Å². The summed E-state index contributed by atoms with van der Waals surface area (Å²) < 4.78 is 5.34. The van der Waals surface area contributed by atoms with Crippen LogP contribution in [0.4, 0.5) is 0 Å². The fraction of sp³-hybridized carbons (Fsp3) is 0.250. The summed E-state index contributed by atoms with van der Waals surface area (Å²) in [6, 6.07) is 25.1. The lowest BCUT2D eigenvalue weighted by Gasteiger charge is -2.26. The molecule has 2 amide bonds. The van der Waals surface area contributed by atoms with Crippen LogP contribution in [0, 0.1) is 0 Å². The summed E-state index contributed by atoms with van der Waals surface area (Å²) in [6.07, 6.45) is 3.10. The van der Waals surface area contributed by atoms with E-state index in [-0.39, 0.29) is 24.3 Å². The molecule has 0 heterocycles. The molecule has 1 aliphatic carbocycles. The monoisotopic (exact) mass is 456 g/mol. The number of fused-ring (bicyclic) bond motifs is 1. The summed E-state index contributed by atoms with van der Waals surface area (Å²) in [5.74, 6) is -1.38. The molecule has 1 aliphatic rings. The summed E-state index contributed by atoms with van der Waals surface area (Å²) in [4.78, 5) is 38.1. The summed E-state index contributed by atoms with van der Waals surface area (Å²) in [5.41, 5.74) is 3.68. The molecule has 4 rings (SSSR count). The molecule has 0 bridgehead atoms. The van der Waals surface area contributed by atoms with Crippen LogP contribution in [0.1, 0.15) is 45.9 Å². The van der Waals surface area contributed by atoms with Crippen LogP contribution in [0.5, 0.6) is 0 Å². The second kappa shape index (κ2) is 11.3. The highest BCUT2D eigenvalue weighted by Crippen LogP contribution is 2.29. The van der Waals surface area contributed by atoms with Gasteiger partial charge in [-0.1, -0.05) is 72.8 Å². The smallest absolute Gasteiger partial charge is 0.329 e. The van der Waals surface area contributed by atoms with Crippen molar-refractivity contribution in [2.75, 3.05) is 6.61 Å². The van der Waals surface area contributed by atoms with Gasteiger partial charge < -0.3 is 15.4 Å². The first-order valence-electron chi connectivity index (χ1n) is 11.5. The summed E-state index contributed by atoms with van der Waals surface area (Å²) in [7, 11) is 0. The van der Waals surface area contributed by atoms with Crippen LogP contribution in [0.25, 0.3) is 0 Å². The van der Waals surface area contributed by atoms with Crippen molar-refractivity contribution in [1.82, 2.24) is 10.6 Å². The van der Waals surface area contributed by atoms with Crippen molar-refractivity contribution in [3.05, 3.63) is 107 Å². The molecule has 0 radical (unpaired) electrons. The van der Waals surface area contributed by atoms with Crippen molar-refractivity contribution < 1.29 is 19.1 Å². The predicted octanol–water partition coefficient (Wildman–Crippen LogP) is 3.76. The van der Waals surface area contributed by atoms with E-state index in [2.05, 4.69) is 16.7 Å². The molecule has 2 atom stereocenters. The van der Waals surface area contributed by atoms with E-state index in [4.69, 9.17) is 4.74 Å². The number of esters is 1. The van der Waals surface area contributed by atoms with Gasteiger partial charge in [0.1, 0.15) is 6.04 Å². The molecule has 0 aromatic heterocycles. The fourth-order valence-electron chi connectivity index (χ4n) is 4.25. The average Bonchev–Trinajstić information content (AvgIpc) is 2.88. The molecule has 3 aromatic rings. The third kappa shape index (κ3) is 6.10. The van der Waals surface area contributed by atoms with Gasteiger partial charge in [-0.2, -0.15) is 0 Å². The zero-order chi connectivity index (χ0) is 23.8. The SMILES string of the molecule is O=C(COC(=O)[C@@H](Cc1ccccc1)NC(=O)c1ccccc1)N[C@@H]1CCCc2ccccc21. The van der Waals surface area contributed by atoms with Crippen LogP contribution in [0.3, 0.4) is 0 Å². The molecule has 6 heteroatoms. The quantitative estimate of drug-likeness (QED) is 0.506. The number of carbonyl (C=O) groups excluding carboxylic acids is 3. The standard InChI is InChI=1S/C28H28N2O4/c31-26(29-24-17-9-15-21-12-7-8-16-23(21)24)19-34-28(33)25(18-20-10-3-1-4-11-20)30-27(32)22-13-5-2-6-14-22/h1-8,10-14,16,24-25H,9,15,17-19H2,(H,29,31)(H,30,32)/t24-,25-/m1/s1. The Kier molecular flexibility index (Phi) is 7.71. The van der Waals surface area contributed by atoms with Crippen molar-refractivity contribution in [1.29, 1.82) is 0 Å². The van der Waals surface area contributed by atoms with Crippen molar-refractivity contribution >= 4 is 17.8 Å². The highest BCUT2D eigenvalue weighted by Gasteiger charge is 2.26. The van der Waals surface area contributed by atoms with Gasteiger partial charge in [0.25, 0.3) is 11.8 Å². The summed E-state index contributed by atoms with van der Waals surface area (Å²) >= 11 is 0. The van der Waals surface area contributed by atoms with Gasteiger partial charge in [0, 0.05) is 12.0 Å². The molecule has 34 heavy (non-hydrogen) atoms. The third-order valence-corrected chi connectivity index (χ3v) is 5.96. The number of hydrogen-bond donors (Lipinski definition) is 2. The second-order valence-electron chi connectivity index (χ2n) is 8.40. The first-order chi connectivity index (χ1) is 16.6. The Morgan fingerprint density at radius 2 is 1.56 bits per heavy atom. The van der Waals surface area contributed by atoms with Gasteiger partial charge in [0.15, 0.2) is 6.61 Å². The maximum atomic E-state index is 12.9. The minimum atomic E-state index is -0.918. The Morgan fingerprint density at radius 3 is 2.32 bits per heavy atom. The molecule has 3 aromatic carbocycles. The number of amides is 2. The van der Waals surface area contributed by atoms with E-state index in [0.717, 1.165) is 30.4 Å². The van der Waals surface area contributed by atoms with Gasteiger partial charge in [-0.3, -0.25) is 9.59 Å². The number of carbonyl (C=O) groups is 3. The van der Waals surface area contributed by atoms with Crippen LogP contribution < -0.4 is 10.6 Å². The lowest BCUT2D eigenvalue weighted by Crippen LogP contribution is -2.44. The Labute approximate surface area is 199 Å². The number of nitrogens with one attached hydrogen (secondary N) is 2. The van der Waals surface area contributed by atoms with Gasteiger partial charge in [-0.15, -0.1) is 0 Å². The molecule has 0 saturated heterocycles. The third-order valence-electron chi connectivity index (χ3n) is 5.96. The normalized spacial score (nSPS) is 15.5. The number of rotatable bonds is 8. The van der Waals surface area contributed by atoms with E-state index in [1.54, 1.807) is 24.3 Å². The molecular formula is C28H28N2O4. The zero-order valence-electron chi connectivity index (χ0n) is 18.9. The van der Waals surface area contributed by atoms with Crippen LogP contribution in [-0.4, -0.2) is 30.4 Å². The largest absolute Gasteiger partial charge is 0.454 e. The molecule has 2 N–H and O–H groups in total. The molecule has 174 valence electrons. The fourth-order valence-corrected chi connectivity index (χ4v) is 4.25. The van der Waals surface area contributed by atoms with E-state index in [9.17, 15) is 14.4 Å². The van der Waals surface area contributed by atoms with E-state index in [0.29, 0.717) is 5.56 Å². The molecule has 0 aliphatic heterocycles. The van der Waals surface area contributed by atoms with E-state index in [1.165, 1.54) is 5.56 Å². The van der Waals surface area contributed by atoms with Crippen molar-refractivity contribution in [2.24, 2.45) is 0 Å². The minimum absolute atomic E-state index is 0.0888. The Morgan fingerprint density at radius 1 is 0.882 bits per heavy atom. The van der Waals surface area contributed by atoms with E-state index in [1.807, 2.05) is 54.6 Å². The molecule has 0 saturated carbocycles. The molecular weight excluding hydrogens is 428 g/mol. The number of benzene rings is 3. The second-order valence-corrected chi connectivity index (χ2v) is 8.40. The molecule has 0 spiro atoms. The highest BCUT2D eigenvalue weighted by atomic mass is 16.5. The first kappa shape index (κ1) is 23.2. The predicted molar refractivity (Wildman–Crippen MR) is 129 cm³/mol. The Hall–Kier alpha value is -3.93. The van der Waals surface area contributed by atoms with Crippen molar-refractivity contribution in [3.8, 4) is 0 Å². The summed E-state index contributed by atoms with van der Waals surface area (Å²) in [5, 5.41) is 5.74. The van der Waals surface area contributed by atoms with Crippen LogP contribution in [0.2, 0.25) is 0 Å². The van der Waals surface area contributed by atoms with Gasteiger partial charge >= 0.3 is 5.97 Å². The Balaban J connectivity index is 1.38. The first-order valence-corrected chi connectivity index (χ1v) is 11.5. The van der Waals surface area contributed by atoms with Crippen LogP contribution in [-0.2, 0) is 27.2 Å². The van der Waals surface area contributed by atoms with E-state index >= 15 is 0 Å². The molecule has 6 nitrogen and oxygen atoms in total. The number of hydrogen-bond acceptors (Lipinski definition) is 4. The Bertz CT molecular complexity index is 1130. The minimum Gasteiger partial charge on any atom is -0.454 e. The van der Waals surface area contributed by atoms with Gasteiger partial charge in [-0.05, 0) is 48.1 Å². The topological polar surface area (TPSA) is 84.5 Å². The number of ether oxygens (including phenoxy) is 1.